The second-order valence-electron chi connectivity index (χ2n) is 6.87. The molecule has 33 heavy (non-hydrogen) atoms. The molecule has 2 aromatic carbocycles. The van der Waals surface area contributed by atoms with Gasteiger partial charge in [-0.05, 0) is 55.5 Å². The Morgan fingerprint density at radius 1 is 1.03 bits per heavy atom. The van der Waals surface area contributed by atoms with E-state index in [0.717, 1.165) is 4.31 Å². The first kappa shape index (κ1) is 24.1. The molecule has 0 spiro atoms. The van der Waals surface area contributed by atoms with E-state index in [1.807, 2.05) is 6.92 Å². The lowest BCUT2D eigenvalue weighted by molar-refractivity contribution is -0.116. The number of methoxy groups -OCH3 is 2. The summed E-state index contributed by atoms with van der Waals surface area (Å²) in [6.07, 6.45) is 1.44. The molecule has 1 N–H and O–H groups in total. The van der Waals surface area contributed by atoms with Crippen molar-refractivity contribution in [3.8, 4) is 17.2 Å². The van der Waals surface area contributed by atoms with Crippen LogP contribution in [-0.4, -0.2) is 46.0 Å². The van der Waals surface area contributed by atoms with Crippen LogP contribution in [0.25, 0.3) is 0 Å². The van der Waals surface area contributed by atoms with E-state index < -0.39 is 22.5 Å². The van der Waals surface area contributed by atoms with E-state index in [4.69, 9.17) is 18.6 Å². The molecule has 0 saturated carbocycles. The maximum atomic E-state index is 13.4. The summed E-state index contributed by atoms with van der Waals surface area (Å²) in [7, 11) is -1.05. The van der Waals surface area contributed by atoms with E-state index in [1.54, 1.807) is 42.5 Å². The van der Waals surface area contributed by atoms with E-state index in [2.05, 4.69) is 5.32 Å². The van der Waals surface area contributed by atoms with E-state index in [1.165, 1.54) is 32.6 Å². The van der Waals surface area contributed by atoms with Crippen molar-refractivity contribution in [2.45, 2.75) is 18.4 Å². The van der Waals surface area contributed by atoms with Crippen molar-refractivity contribution in [3.05, 3.63) is 66.6 Å². The number of hydrogen-bond acceptors (Lipinski definition) is 7. The highest BCUT2D eigenvalue weighted by Crippen LogP contribution is 2.29. The van der Waals surface area contributed by atoms with Gasteiger partial charge in [0.05, 0.1) is 50.8 Å². The highest BCUT2D eigenvalue weighted by Gasteiger charge is 2.28. The summed E-state index contributed by atoms with van der Waals surface area (Å²) < 4.78 is 48.9. The van der Waals surface area contributed by atoms with Gasteiger partial charge in [-0.25, -0.2) is 8.42 Å². The Morgan fingerprint density at radius 3 is 2.36 bits per heavy atom. The minimum absolute atomic E-state index is 0.0317. The highest BCUT2D eigenvalue weighted by molar-refractivity contribution is 7.89. The molecule has 3 rings (SSSR count). The lowest BCUT2D eigenvalue weighted by Crippen LogP contribution is -2.37. The molecule has 1 amide bonds. The number of anilines is 1. The molecular weight excluding hydrogens is 448 g/mol. The van der Waals surface area contributed by atoms with Crippen LogP contribution in [0, 0.1) is 0 Å². The Morgan fingerprint density at radius 2 is 1.76 bits per heavy atom. The lowest BCUT2D eigenvalue weighted by Gasteiger charge is -2.21. The number of amides is 1. The van der Waals surface area contributed by atoms with Crippen molar-refractivity contribution in [3.63, 3.8) is 0 Å². The first-order chi connectivity index (χ1) is 15.9. The first-order valence-corrected chi connectivity index (χ1v) is 11.6. The summed E-state index contributed by atoms with van der Waals surface area (Å²) in [6.45, 7) is 1.73. The second-order valence-corrected chi connectivity index (χ2v) is 8.81. The second kappa shape index (κ2) is 10.9. The zero-order chi connectivity index (χ0) is 23.8. The molecule has 0 bridgehead atoms. The van der Waals surface area contributed by atoms with Crippen LogP contribution in [0.3, 0.4) is 0 Å². The molecule has 3 aromatic rings. The Balaban J connectivity index is 1.85. The van der Waals surface area contributed by atoms with Crippen molar-refractivity contribution in [2.75, 3.05) is 32.7 Å². The standard InChI is InChI=1S/C23H26N2O7S/c1-4-31-17-7-10-20(11-8-17)33(27,28)25(15-19-6-5-13-32-19)16-23(26)24-21-14-18(29-2)9-12-22(21)30-3/h5-14H,4,15-16H2,1-3H3,(H,24,26). The number of furan rings is 1. The molecule has 0 atom stereocenters. The summed E-state index contributed by atoms with van der Waals surface area (Å²) in [5.41, 5.74) is 0.360. The molecule has 1 heterocycles. The number of rotatable bonds is 11. The van der Waals surface area contributed by atoms with Crippen LogP contribution in [-0.2, 0) is 21.4 Å². The van der Waals surface area contributed by atoms with Gasteiger partial charge in [-0.3, -0.25) is 4.79 Å². The predicted octanol–water partition coefficient (Wildman–Crippen LogP) is 3.53. The number of carbonyl (C=O) groups excluding carboxylic acids is 1. The fourth-order valence-corrected chi connectivity index (χ4v) is 4.45. The predicted molar refractivity (Wildman–Crippen MR) is 122 cm³/mol. The Bertz CT molecular complexity index is 1160. The molecule has 0 radical (unpaired) electrons. The highest BCUT2D eigenvalue weighted by atomic mass is 32.2. The minimum atomic E-state index is -4.02. The normalized spacial score (nSPS) is 11.3. The number of hydrogen-bond donors (Lipinski definition) is 1. The van der Waals surface area contributed by atoms with Gasteiger partial charge >= 0.3 is 0 Å². The van der Waals surface area contributed by atoms with Crippen LogP contribution in [0.1, 0.15) is 12.7 Å². The largest absolute Gasteiger partial charge is 0.497 e. The summed E-state index contributed by atoms with van der Waals surface area (Å²) >= 11 is 0. The van der Waals surface area contributed by atoms with Crippen LogP contribution >= 0.6 is 0 Å². The van der Waals surface area contributed by atoms with E-state index in [-0.39, 0.29) is 11.4 Å². The third kappa shape index (κ3) is 6.05. The number of ether oxygens (including phenoxy) is 3. The SMILES string of the molecule is CCOc1ccc(S(=O)(=O)N(CC(=O)Nc2cc(OC)ccc2OC)Cc2ccco2)cc1. The van der Waals surface area contributed by atoms with E-state index in [0.29, 0.717) is 35.3 Å². The van der Waals surface area contributed by atoms with E-state index in [9.17, 15) is 13.2 Å². The van der Waals surface area contributed by atoms with Crippen molar-refractivity contribution < 1.29 is 31.8 Å². The molecule has 0 aliphatic carbocycles. The van der Waals surface area contributed by atoms with Gasteiger partial charge in [-0.2, -0.15) is 4.31 Å². The van der Waals surface area contributed by atoms with Crippen molar-refractivity contribution >= 4 is 21.6 Å². The molecule has 1 aromatic heterocycles. The molecule has 0 fully saturated rings. The van der Waals surface area contributed by atoms with Crippen LogP contribution < -0.4 is 19.5 Å². The number of carbonyl (C=O) groups is 1. The summed E-state index contributed by atoms with van der Waals surface area (Å²) in [5, 5.41) is 2.70. The minimum Gasteiger partial charge on any atom is -0.497 e. The van der Waals surface area contributed by atoms with Gasteiger partial charge in [-0.1, -0.05) is 0 Å². The van der Waals surface area contributed by atoms with Crippen LogP contribution in [0.15, 0.2) is 70.2 Å². The van der Waals surface area contributed by atoms with Crippen molar-refractivity contribution in [1.82, 2.24) is 4.31 Å². The fraction of sp³-hybridized carbons (Fsp3) is 0.261. The summed E-state index contributed by atoms with van der Waals surface area (Å²) in [4.78, 5) is 12.9. The number of sulfonamides is 1. The number of nitrogens with one attached hydrogen (secondary N) is 1. The Kier molecular flexibility index (Phi) is 7.96. The number of benzene rings is 2. The first-order valence-electron chi connectivity index (χ1n) is 10.1. The maximum absolute atomic E-state index is 13.4. The molecule has 0 aliphatic rings. The van der Waals surface area contributed by atoms with Crippen molar-refractivity contribution in [2.24, 2.45) is 0 Å². The zero-order valence-electron chi connectivity index (χ0n) is 18.6. The fourth-order valence-electron chi connectivity index (χ4n) is 3.09. The third-order valence-electron chi connectivity index (χ3n) is 4.69. The Labute approximate surface area is 192 Å². The lowest BCUT2D eigenvalue weighted by atomic mass is 10.2. The smallest absolute Gasteiger partial charge is 0.243 e. The molecule has 0 saturated heterocycles. The van der Waals surface area contributed by atoms with Gasteiger partial charge in [0.15, 0.2) is 0 Å². The molecular formula is C23H26N2O7S. The quantitative estimate of drug-likeness (QED) is 0.453. The zero-order valence-corrected chi connectivity index (χ0v) is 19.4. The Hall–Kier alpha value is -3.50. The molecule has 176 valence electrons. The molecule has 10 heteroatoms. The van der Waals surface area contributed by atoms with Gasteiger partial charge in [-0.15, -0.1) is 0 Å². The molecule has 9 nitrogen and oxygen atoms in total. The average molecular weight is 475 g/mol. The van der Waals surface area contributed by atoms with Gasteiger partial charge < -0.3 is 23.9 Å². The van der Waals surface area contributed by atoms with Gasteiger partial charge in [0.1, 0.15) is 23.0 Å². The maximum Gasteiger partial charge on any atom is 0.243 e. The summed E-state index contributed by atoms with van der Waals surface area (Å²) in [6, 6.07) is 14.2. The molecule has 0 unspecified atom stereocenters. The van der Waals surface area contributed by atoms with Gasteiger partial charge in [0, 0.05) is 6.07 Å². The topological polar surface area (TPSA) is 107 Å². The van der Waals surface area contributed by atoms with Crippen LogP contribution in [0.2, 0.25) is 0 Å². The van der Waals surface area contributed by atoms with E-state index >= 15 is 0 Å². The van der Waals surface area contributed by atoms with Gasteiger partial charge in [0.2, 0.25) is 15.9 Å². The third-order valence-corrected chi connectivity index (χ3v) is 6.49. The number of nitrogens with zero attached hydrogens (tertiary/aromatic N) is 1. The van der Waals surface area contributed by atoms with Crippen LogP contribution in [0.5, 0.6) is 17.2 Å². The summed E-state index contributed by atoms with van der Waals surface area (Å²) in [5.74, 6) is 1.33. The van der Waals surface area contributed by atoms with Crippen molar-refractivity contribution in [1.29, 1.82) is 0 Å². The average Bonchev–Trinajstić information content (AvgIpc) is 3.32. The van der Waals surface area contributed by atoms with Gasteiger partial charge in [0.25, 0.3) is 0 Å². The monoisotopic (exact) mass is 474 g/mol. The molecule has 0 aliphatic heterocycles. The van der Waals surface area contributed by atoms with Crippen LogP contribution in [0.4, 0.5) is 5.69 Å².